The SMILES string of the molecule is CC(C)N1CC(CCN2CCOCC2)C(c2ccccc2)(C2CCCC2)C1=O. The molecule has 2 aliphatic heterocycles. The molecule has 0 spiro atoms. The van der Waals surface area contributed by atoms with Gasteiger partial charge < -0.3 is 9.64 Å². The van der Waals surface area contributed by atoms with Crippen molar-refractivity contribution < 1.29 is 9.53 Å². The van der Waals surface area contributed by atoms with Crippen LogP contribution in [-0.2, 0) is 14.9 Å². The highest BCUT2D eigenvalue weighted by atomic mass is 16.5. The number of rotatable bonds is 6. The summed E-state index contributed by atoms with van der Waals surface area (Å²) >= 11 is 0. The van der Waals surface area contributed by atoms with E-state index in [1.54, 1.807) is 0 Å². The van der Waals surface area contributed by atoms with E-state index in [-0.39, 0.29) is 11.5 Å². The number of carbonyl (C=O) groups is 1. The molecule has 3 fully saturated rings. The van der Waals surface area contributed by atoms with Crippen molar-refractivity contribution in [3.63, 3.8) is 0 Å². The van der Waals surface area contributed by atoms with Crippen molar-refractivity contribution in [2.45, 2.75) is 57.4 Å². The molecule has 2 heterocycles. The predicted octanol–water partition coefficient (Wildman–Crippen LogP) is 3.70. The lowest BCUT2D eigenvalue weighted by Gasteiger charge is -2.40. The average Bonchev–Trinajstić information content (AvgIpc) is 3.35. The minimum Gasteiger partial charge on any atom is -0.379 e. The normalized spacial score (nSPS) is 29.9. The maximum Gasteiger partial charge on any atom is 0.234 e. The molecule has 0 bridgehead atoms. The van der Waals surface area contributed by atoms with E-state index in [0.717, 1.165) is 45.8 Å². The molecule has 1 amide bonds. The van der Waals surface area contributed by atoms with Crippen LogP contribution in [0.2, 0.25) is 0 Å². The summed E-state index contributed by atoms with van der Waals surface area (Å²) in [5.74, 6) is 1.28. The molecular formula is C24H36N2O2. The highest BCUT2D eigenvalue weighted by Gasteiger charge is 2.59. The molecule has 0 aromatic heterocycles. The number of benzene rings is 1. The molecule has 4 heteroatoms. The Morgan fingerprint density at radius 3 is 2.43 bits per heavy atom. The molecule has 0 radical (unpaired) electrons. The van der Waals surface area contributed by atoms with E-state index in [9.17, 15) is 4.79 Å². The number of ether oxygens (including phenoxy) is 1. The van der Waals surface area contributed by atoms with Crippen LogP contribution in [0.15, 0.2) is 30.3 Å². The van der Waals surface area contributed by atoms with Gasteiger partial charge in [-0.1, -0.05) is 43.2 Å². The molecule has 2 saturated heterocycles. The van der Waals surface area contributed by atoms with Gasteiger partial charge in [-0.05, 0) is 57.1 Å². The number of likely N-dealkylation sites (tertiary alicyclic amines) is 1. The number of hydrogen-bond acceptors (Lipinski definition) is 3. The summed E-state index contributed by atoms with van der Waals surface area (Å²) in [5.41, 5.74) is 0.941. The van der Waals surface area contributed by atoms with Crippen molar-refractivity contribution in [2.24, 2.45) is 11.8 Å². The van der Waals surface area contributed by atoms with Gasteiger partial charge in [0, 0.05) is 25.7 Å². The summed E-state index contributed by atoms with van der Waals surface area (Å²) in [6.45, 7) is 10.1. The quantitative estimate of drug-likeness (QED) is 0.750. The van der Waals surface area contributed by atoms with Crippen LogP contribution in [0.1, 0.15) is 51.5 Å². The third kappa shape index (κ3) is 3.50. The zero-order valence-electron chi connectivity index (χ0n) is 17.6. The zero-order valence-corrected chi connectivity index (χ0v) is 17.6. The van der Waals surface area contributed by atoms with E-state index in [1.807, 2.05) is 0 Å². The van der Waals surface area contributed by atoms with Gasteiger partial charge in [-0.25, -0.2) is 0 Å². The van der Waals surface area contributed by atoms with Crippen molar-refractivity contribution in [1.82, 2.24) is 9.80 Å². The first kappa shape index (κ1) is 19.9. The molecule has 4 nitrogen and oxygen atoms in total. The average molecular weight is 385 g/mol. The van der Waals surface area contributed by atoms with E-state index in [0.29, 0.717) is 17.7 Å². The monoisotopic (exact) mass is 384 g/mol. The van der Waals surface area contributed by atoms with Gasteiger partial charge in [0.05, 0.1) is 18.6 Å². The minimum absolute atomic E-state index is 0.269. The van der Waals surface area contributed by atoms with Crippen molar-refractivity contribution >= 4 is 5.91 Å². The lowest BCUT2D eigenvalue weighted by molar-refractivity contribution is -0.136. The van der Waals surface area contributed by atoms with Crippen LogP contribution in [0.4, 0.5) is 0 Å². The molecule has 1 saturated carbocycles. The van der Waals surface area contributed by atoms with Crippen molar-refractivity contribution in [1.29, 1.82) is 0 Å². The number of nitrogens with zero attached hydrogens (tertiary/aromatic N) is 2. The Balaban J connectivity index is 1.68. The van der Waals surface area contributed by atoms with Crippen molar-refractivity contribution in [3.8, 4) is 0 Å². The Hall–Kier alpha value is -1.39. The summed E-state index contributed by atoms with van der Waals surface area (Å²) in [5, 5.41) is 0. The van der Waals surface area contributed by atoms with E-state index in [4.69, 9.17) is 4.74 Å². The van der Waals surface area contributed by atoms with Crippen LogP contribution in [0.25, 0.3) is 0 Å². The Morgan fingerprint density at radius 2 is 1.79 bits per heavy atom. The van der Waals surface area contributed by atoms with Gasteiger partial charge in [0.1, 0.15) is 0 Å². The van der Waals surface area contributed by atoms with Gasteiger partial charge in [-0.2, -0.15) is 0 Å². The van der Waals surface area contributed by atoms with Gasteiger partial charge in [-0.15, -0.1) is 0 Å². The molecule has 28 heavy (non-hydrogen) atoms. The molecule has 0 N–H and O–H groups in total. The Morgan fingerprint density at radius 1 is 1.11 bits per heavy atom. The van der Waals surface area contributed by atoms with Crippen molar-refractivity contribution in [2.75, 3.05) is 39.4 Å². The van der Waals surface area contributed by atoms with Crippen LogP contribution < -0.4 is 0 Å². The number of amides is 1. The highest BCUT2D eigenvalue weighted by molar-refractivity contribution is 5.91. The Bertz CT molecular complexity index is 650. The molecule has 154 valence electrons. The first-order chi connectivity index (χ1) is 13.6. The number of morpholine rings is 1. The molecule has 1 aromatic rings. The number of carbonyl (C=O) groups excluding carboxylic acids is 1. The summed E-state index contributed by atoms with van der Waals surface area (Å²) < 4.78 is 5.52. The largest absolute Gasteiger partial charge is 0.379 e. The van der Waals surface area contributed by atoms with Gasteiger partial charge in [0.15, 0.2) is 0 Å². The first-order valence-electron chi connectivity index (χ1n) is 11.3. The molecule has 1 aliphatic carbocycles. The van der Waals surface area contributed by atoms with Crippen LogP contribution in [-0.4, -0.2) is 61.1 Å². The molecule has 3 aliphatic rings. The van der Waals surface area contributed by atoms with Gasteiger partial charge >= 0.3 is 0 Å². The topological polar surface area (TPSA) is 32.8 Å². The van der Waals surface area contributed by atoms with Crippen LogP contribution in [0.5, 0.6) is 0 Å². The Kier molecular flexibility index (Phi) is 6.07. The third-order valence-corrected chi connectivity index (χ3v) is 7.45. The minimum atomic E-state index is -0.325. The second-order valence-corrected chi connectivity index (χ2v) is 9.21. The van der Waals surface area contributed by atoms with Crippen LogP contribution in [0.3, 0.4) is 0 Å². The Labute approximate surface area is 170 Å². The maximum atomic E-state index is 14.0. The molecule has 1 aromatic carbocycles. The predicted molar refractivity (Wildman–Crippen MR) is 112 cm³/mol. The second kappa shape index (κ2) is 8.54. The number of hydrogen-bond donors (Lipinski definition) is 0. The summed E-state index contributed by atoms with van der Waals surface area (Å²) in [4.78, 5) is 18.7. The van der Waals surface area contributed by atoms with Gasteiger partial charge in [0.2, 0.25) is 5.91 Å². The smallest absolute Gasteiger partial charge is 0.234 e. The third-order valence-electron chi connectivity index (χ3n) is 7.45. The standard InChI is InChI=1S/C24H36N2O2/c1-19(2)26-18-22(12-13-25-14-16-28-17-15-25)24(23(26)27,21-10-6-7-11-21)20-8-4-3-5-9-20/h3-5,8-9,19,21-22H,6-7,10-18H2,1-2H3. The maximum absolute atomic E-state index is 14.0. The van der Waals surface area contributed by atoms with E-state index >= 15 is 0 Å². The lowest BCUT2D eigenvalue weighted by atomic mass is 9.62. The lowest BCUT2D eigenvalue weighted by Crippen LogP contribution is -2.48. The van der Waals surface area contributed by atoms with E-state index in [1.165, 1.54) is 31.2 Å². The van der Waals surface area contributed by atoms with Crippen molar-refractivity contribution in [3.05, 3.63) is 35.9 Å². The second-order valence-electron chi connectivity index (χ2n) is 9.21. The fraction of sp³-hybridized carbons (Fsp3) is 0.708. The summed E-state index contributed by atoms with van der Waals surface area (Å²) in [6.07, 6.45) is 6.02. The fourth-order valence-corrected chi connectivity index (χ4v) is 6.00. The van der Waals surface area contributed by atoms with E-state index < -0.39 is 0 Å². The molecule has 4 rings (SSSR count). The molecular weight excluding hydrogens is 348 g/mol. The molecule has 2 unspecified atom stereocenters. The van der Waals surface area contributed by atoms with Crippen LogP contribution >= 0.6 is 0 Å². The zero-order chi connectivity index (χ0) is 19.6. The molecule has 2 atom stereocenters. The van der Waals surface area contributed by atoms with E-state index in [2.05, 4.69) is 54.0 Å². The first-order valence-corrected chi connectivity index (χ1v) is 11.3. The van der Waals surface area contributed by atoms with Gasteiger partial charge in [0.25, 0.3) is 0 Å². The fourth-order valence-electron chi connectivity index (χ4n) is 6.00. The van der Waals surface area contributed by atoms with Gasteiger partial charge in [-0.3, -0.25) is 9.69 Å². The summed E-state index contributed by atoms with van der Waals surface area (Å²) in [7, 11) is 0. The highest BCUT2D eigenvalue weighted by Crippen LogP contribution is 2.53. The summed E-state index contributed by atoms with van der Waals surface area (Å²) in [6, 6.07) is 11.0. The van der Waals surface area contributed by atoms with Crippen LogP contribution in [0, 0.1) is 11.8 Å².